The van der Waals surface area contributed by atoms with E-state index in [4.69, 9.17) is 74.8 Å². The highest BCUT2D eigenvalue weighted by Crippen LogP contribution is 2.55. The number of benzene rings is 9. The van der Waals surface area contributed by atoms with Crippen molar-refractivity contribution in [2.75, 3.05) is 84.8 Å². The third-order valence-corrected chi connectivity index (χ3v) is 21.9. The molecule has 118 heavy (non-hydrogen) atoms. The molecule has 0 atom stereocenters. The highest BCUT2D eigenvalue weighted by atomic mass is 16.5. The number of rotatable bonds is 18. The number of ether oxygens (including phenoxy) is 13. The summed E-state index contributed by atoms with van der Waals surface area (Å²) >= 11 is 0. The SMILES string of the molecule is CCOc1cc(-c2c3n(c4c(=O)oc5cc(OC(C)C)c(OC)cc5c24)CCc2cc(OC)c(OC)cc2-3)ccc1OC.COc1ccc(-c2c3n(c4c(=O)oc5cc(O)c(OC)cc5c24)CCc2cc(O)c(OC)cc2-3)cc1O.COc1ccc(-c2c3n(c4c(=O)oc5cc(O)c(OC)cc5c24)CCc2cc(OC)c(OC)cc2-3)cc1O. The van der Waals surface area contributed by atoms with Crippen LogP contribution in [0.25, 0.3) is 133 Å². The Morgan fingerprint density at radius 3 is 1.00 bits per heavy atom. The summed E-state index contributed by atoms with van der Waals surface area (Å²) in [6.45, 7) is 7.81. The van der Waals surface area contributed by atoms with E-state index in [0.717, 1.165) is 72.2 Å². The molecule has 0 unspecified atom stereocenters. The van der Waals surface area contributed by atoms with Crippen LogP contribution in [0, 0.1) is 0 Å². The molecular weight excluding hydrogens is 1520 g/mol. The lowest BCUT2D eigenvalue weighted by atomic mass is 9.91. The molecule has 0 bridgehead atoms. The van der Waals surface area contributed by atoms with E-state index in [9.17, 15) is 39.9 Å². The van der Waals surface area contributed by atoms with Gasteiger partial charge in [0, 0.05) is 104 Å². The van der Waals surface area contributed by atoms with Crippen molar-refractivity contribution in [2.45, 2.75) is 65.8 Å². The number of aryl methyl sites for hydroxylation is 6. The number of phenolic OH excluding ortho intramolecular Hbond substituents is 5. The maximum atomic E-state index is 13.9. The molecule has 0 amide bonds. The van der Waals surface area contributed by atoms with Gasteiger partial charge in [-0.1, -0.05) is 18.2 Å². The molecule has 0 aliphatic carbocycles. The minimum Gasteiger partial charge on any atom is -0.504 e. The largest absolute Gasteiger partial charge is 0.504 e. The number of hydrogen-bond acceptors (Lipinski definition) is 24. The summed E-state index contributed by atoms with van der Waals surface area (Å²) in [6.07, 6.45) is 1.81. The highest BCUT2D eigenvalue weighted by molar-refractivity contribution is 6.20. The lowest BCUT2D eigenvalue weighted by molar-refractivity contribution is 0.230. The van der Waals surface area contributed by atoms with Gasteiger partial charge in [0.15, 0.2) is 103 Å². The Morgan fingerprint density at radius 2 is 0.636 bits per heavy atom. The first kappa shape index (κ1) is 77.6. The normalized spacial score (nSPS) is 12.3. The molecule has 0 spiro atoms. The van der Waals surface area contributed by atoms with Crippen molar-refractivity contribution < 1.29 is 100 Å². The van der Waals surface area contributed by atoms with Gasteiger partial charge >= 0.3 is 16.9 Å². The van der Waals surface area contributed by atoms with Crippen molar-refractivity contribution in [3.8, 4) is 171 Å². The minimum atomic E-state index is -0.563. The molecule has 606 valence electrons. The fourth-order valence-corrected chi connectivity index (χ4v) is 16.8. The first-order valence-corrected chi connectivity index (χ1v) is 37.7. The van der Waals surface area contributed by atoms with Crippen molar-refractivity contribution in [1.29, 1.82) is 0 Å². The molecule has 18 rings (SSSR count). The summed E-state index contributed by atoms with van der Waals surface area (Å²) in [7, 11) is 17.0. The van der Waals surface area contributed by atoms with Crippen molar-refractivity contribution in [2.24, 2.45) is 0 Å². The van der Waals surface area contributed by atoms with Crippen molar-refractivity contribution >= 4 is 65.6 Å². The predicted octanol–water partition coefficient (Wildman–Crippen LogP) is 16.7. The van der Waals surface area contributed by atoms with Crippen molar-refractivity contribution in [1.82, 2.24) is 13.7 Å². The predicted molar refractivity (Wildman–Crippen MR) is 445 cm³/mol. The monoisotopic (exact) mass is 1600 g/mol. The van der Waals surface area contributed by atoms with Gasteiger partial charge in [0.05, 0.1) is 108 Å². The fraction of sp³-hybridized carbons (Fsp3) is 0.242. The quantitative estimate of drug-likeness (QED) is 0.0498. The van der Waals surface area contributed by atoms with E-state index < -0.39 is 16.9 Å². The molecule has 3 aliphatic heterocycles. The number of aromatic nitrogens is 3. The molecule has 6 aromatic heterocycles. The van der Waals surface area contributed by atoms with Crippen molar-refractivity contribution in [3.05, 3.63) is 175 Å². The summed E-state index contributed by atoms with van der Waals surface area (Å²) in [5, 5.41) is 56.3. The molecule has 5 N–H and O–H groups in total. The molecule has 27 nitrogen and oxygen atoms in total. The molecule has 9 heterocycles. The van der Waals surface area contributed by atoms with E-state index in [0.29, 0.717) is 175 Å². The van der Waals surface area contributed by atoms with Gasteiger partial charge in [-0.3, -0.25) is 0 Å². The second kappa shape index (κ2) is 30.8. The number of nitrogens with zero attached hydrogens (tertiary/aromatic N) is 3. The number of phenols is 5. The average Bonchev–Trinajstić information content (AvgIpc) is 1.56. The van der Waals surface area contributed by atoms with E-state index in [1.54, 1.807) is 103 Å². The Kier molecular flexibility index (Phi) is 20.2. The van der Waals surface area contributed by atoms with Crippen molar-refractivity contribution in [3.63, 3.8) is 0 Å². The number of hydrogen-bond donors (Lipinski definition) is 5. The number of aromatic hydroxyl groups is 5. The lowest BCUT2D eigenvalue weighted by Crippen LogP contribution is -2.15. The number of fused-ring (bicyclic) bond motifs is 21. The van der Waals surface area contributed by atoms with Crippen LogP contribution in [0.15, 0.2) is 155 Å². The smallest absolute Gasteiger partial charge is 0.361 e. The summed E-state index contributed by atoms with van der Waals surface area (Å²) < 4.78 is 95.7. The van der Waals surface area contributed by atoms with Gasteiger partial charge in [-0.15, -0.1) is 0 Å². The molecule has 0 radical (unpaired) electrons. The van der Waals surface area contributed by atoms with E-state index >= 15 is 0 Å². The van der Waals surface area contributed by atoms with Gasteiger partial charge < -0.3 is 114 Å². The van der Waals surface area contributed by atoms with Crippen LogP contribution in [0.5, 0.6) is 103 Å². The second-order valence-corrected chi connectivity index (χ2v) is 28.4. The third kappa shape index (κ3) is 12.7. The van der Waals surface area contributed by atoms with Gasteiger partial charge in [0.1, 0.15) is 33.3 Å². The Hall–Kier alpha value is -14.4. The van der Waals surface area contributed by atoms with Gasteiger partial charge in [-0.2, -0.15) is 0 Å². The van der Waals surface area contributed by atoms with Crippen LogP contribution in [0.3, 0.4) is 0 Å². The van der Waals surface area contributed by atoms with E-state index in [1.165, 1.54) is 47.7 Å². The molecule has 27 heteroatoms. The maximum absolute atomic E-state index is 13.9. The molecule has 15 aromatic rings. The number of methoxy groups -OCH3 is 11. The standard InChI is InChI=1S/C34H35NO8.C29H25NO8.C28H23NO8/c1-8-41-28-14-20(9-10-23(28)37-4)30-31-22-16-27(40-7)29(42-18(2)3)17-24(22)43-34(36)33(31)35-12-11-19-13-25(38-5)26(39-6)15-21(19)32(30)35;1-34-20-6-5-15(9-18(20)31)25-26-17-12-22(35-2)19(32)13-21(17)38-29(33)28(26)30-8-7-14-10-23(36-3)24(37-4)11-16(14)27(25)30;1-34-20-5-4-14(9-17(20)30)24-25-16-11-23(36-3)19(32)12-21(16)37-28(33)27(25)29-7-6-13-8-18(31)22(35-2)10-15(13)26(24)29/h9-10,13-18H,8,11-12H2,1-7H3;5-6,9-13,31-32H,7-8H2,1-4H3;4-5,8-12,30-32H,6-7H2,1-3H3. The van der Waals surface area contributed by atoms with Gasteiger partial charge in [-0.25, -0.2) is 14.4 Å². The van der Waals surface area contributed by atoms with Gasteiger partial charge in [-0.05, 0) is 164 Å². The van der Waals surface area contributed by atoms with E-state index in [2.05, 4.69) is 4.57 Å². The van der Waals surface area contributed by atoms with Crippen LogP contribution in [0.2, 0.25) is 0 Å². The average molecular weight is 1600 g/mol. The Bertz CT molecular complexity index is 6810. The summed E-state index contributed by atoms with van der Waals surface area (Å²) in [4.78, 5) is 40.7. The fourth-order valence-electron chi connectivity index (χ4n) is 16.8. The van der Waals surface area contributed by atoms with Crippen LogP contribution in [0.1, 0.15) is 37.5 Å². The van der Waals surface area contributed by atoms with Crippen LogP contribution in [-0.2, 0) is 38.9 Å². The molecule has 0 saturated carbocycles. The molecule has 3 aliphatic rings. The first-order chi connectivity index (χ1) is 57.1. The molecule has 9 aromatic carbocycles. The van der Waals surface area contributed by atoms with E-state index in [-0.39, 0.29) is 57.5 Å². The lowest BCUT2D eigenvalue weighted by Gasteiger charge is -2.23. The van der Waals surface area contributed by atoms with Gasteiger partial charge in [0.2, 0.25) is 0 Å². The van der Waals surface area contributed by atoms with Gasteiger partial charge in [0.25, 0.3) is 0 Å². The molecule has 0 fully saturated rings. The van der Waals surface area contributed by atoms with Crippen LogP contribution in [0.4, 0.5) is 0 Å². The zero-order valence-corrected chi connectivity index (χ0v) is 67.0. The highest BCUT2D eigenvalue weighted by Gasteiger charge is 2.36. The second-order valence-electron chi connectivity index (χ2n) is 28.4. The van der Waals surface area contributed by atoms with Crippen LogP contribution >= 0.6 is 0 Å². The maximum Gasteiger partial charge on any atom is 0.361 e. The van der Waals surface area contributed by atoms with Crippen LogP contribution in [-0.4, -0.2) is 130 Å². The summed E-state index contributed by atoms with van der Waals surface area (Å²) in [6, 6.07) is 36.9. The molecular formula is C91H83N3O24. The van der Waals surface area contributed by atoms with E-state index in [1.807, 2.05) is 84.5 Å². The zero-order valence-electron chi connectivity index (χ0n) is 67.0. The Balaban J connectivity index is 0.000000133. The molecule has 0 saturated heterocycles. The zero-order chi connectivity index (χ0) is 83.1. The summed E-state index contributed by atoms with van der Waals surface area (Å²) in [5.74, 6) is 5.73. The van der Waals surface area contributed by atoms with Crippen LogP contribution < -0.4 is 78.5 Å². The summed E-state index contributed by atoms with van der Waals surface area (Å²) in [5.41, 5.74) is 12.9. The third-order valence-electron chi connectivity index (χ3n) is 21.9. The Morgan fingerprint density at radius 1 is 0.331 bits per heavy atom. The minimum absolute atomic E-state index is 0.0274. The Labute approximate surface area is 673 Å². The first-order valence-electron chi connectivity index (χ1n) is 37.7. The topological polar surface area (TPSA) is 327 Å².